The fourth-order valence-electron chi connectivity index (χ4n) is 2.40. The highest BCUT2D eigenvalue weighted by molar-refractivity contribution is 6.07. The van der Waals surface area contributed by atoms with Gasteiger partial charge in [0.1, 0.15) is 6.61 Å². The number of anilines is 1. The predicted molar refractivity (Wildman–Crippen MR) is 112 cm³/mol. The summed E-state index contributed by atoms with van der Waals surface area (Å²) in [7, 11) is 5.54. The summed E-state index contributed by atoms with van der Waals surface area (Å²) in [6, 6.07) is 13.2. The van der Waals surface area contributed by atoms with Crippen molar-refractivity contribution in [2.75, 3.05) is 32.7 Å². The van der Waals surface area contributed by atoms with Crippen LogP contribution in [0.5, 0.6) is 11.5 Å². The smallest absolute Gasteiger partial charge is 0.185 e. The van der Waals surface area contributed by atoms with E-state index in [2.05, 4.69) is 0 Å². The molecule has 27 heavy (non-hydrogen) atoms. The molecule has 0 aromatic heterocycles. The zero-order valence-corrected chi connectivity index (χ0v) is 16.7. The fraction of sp³-hybridized carbons (Fsp3) is 0.261. The van der Waals surface area contributed by atoms with Gasteiger partial charge in [-0.05, 0) is 68.0 Å². The third-order valence-corrected chi connectivity index (χ3v) is 4.01. The van der Waals surface area contributed by atoms with Crippen molar-refractivity contribution in [2.45, 2.75) is 13.8 Å². The normalized spacial score (nSPS) is 10.6. The first-order valence-corrected chi connectivity index (χ1v) is 8.84. The molecule has 0 aliphatic carbocycles. The lowest BCUT2D eigenvalue weighted by Crippen LogP contribution is -2.08. The molecule has 4 heteroatoms. The summed E-state index contributed by atoms with van der Waals surface area (Å²) in [5.41, 5.74) is 3.79. The third kappa shape index (κ3) is 6.03. The molecular weight excluding hydrogens is 338 g/mol. The van der Waals surface area contributed by atoms with Crippen LogP contribution in [0.3, 0.4) is 0 Å². The Balaban J connectivity index is 2.09. The number of ether oxygens (including phenoxy) is 2. The maximum atomic E-state index is 12.4. The number of carbonyl (C=O) groups is 1. The number of hydrogen-bond donors (Lipinski definition) is 0. The van der Waals surface area contributed by atoms with E-state index in [0.29, 0.717) is 23.7 Å². The largest absolute Gasteiger partial charge is 0.493 e. The van der Waals surface area contributed by atoms with Crippen LogP contribution >= 0.6 is 0 Å². The summed E-state index contributed by atoms with van der Waals surface area (Å²) in [6.45, 7) is 4.55. The van der Waals surface area contributed by atoms with Crippen molar-refractivity contribution in [3.05, 3.63) is 71.3 Å². The molecule has 0 atom stereocenters. The van der Waals surface area contributed by atoms with Crippen molar-refractivity contribution in [1.29, 1.82) is 0 Å². The highest BCUT2D eigenvalue weighted by Crippen LogP contribution is 2.28. The van der Waals surface area contributed by atoms with Crippen molar-refractivity contribution < 1.29 is 14.3 Å². The molecule has 0 saturated carbocycles. The molecule has 0 bridgehead atoms. The van der Waals surface area contributed by atoms with Crippen LogP contribution in [0.4, 0.5) is 5.69 Å². The number of rotatable bonds is 8. The molecule has 0 amide bonds. The number of allylic oxidation sites excluding steroid dienone is 2. The summed E-state index contributed by atoms with van der Waals surface area (Å²) in [4.78, 5) is 14.4. The second-order valence-corrected chi connectivity index (χ2v) is 6.64. The van der Waals surface area contributed by atoms with E-state index in [1.54, 1.807) is 19.3 Å². The van der Waals surface area contributed by atoms with Gasteiger partial charge < -0.3 is 14.4 Å². The van der Waals surface area contributed by atoms with Crippen LogP contribution in [0.2, 0.25) is 0 Å². The number of benzene rings is 2. The topological polar surface area (TPSA) is 38.8 Å². The summed E-state index contributed by atoms with van der Waals surface area (Å²) < 4.78 is 11.1. The third-order valence-electron chi connectivity index (χ3n) is 4.01. The van der Waals surface area contributed by atoms with E-state index in [-0.39, 0.29) is 5.78 Å². The number of hydrogen-bond acceptors (Lipinski definition) is 4. The molecule has 0 saturated heterocycles. The van der Waals surface area contributed by atoms with Crippen LogP contribution in [-0.2, 0) is 0 Å². The van der Waals surface area contributed by atoms with Gasteiger partial charge in [-0.1, -0.05) is 17.7 Å². The molecule has 0 fully saturated rings. The molecule has 0 aliphatic heterocycles. The minimum absolute atomic E-state index is 0.0387. The Morgan fingerprint density at radius 1 is 1.04 bits per heavy atom. The lowest BCUT2D eigenvalue weighted by molar-refractivity contribution is 0.104. The summed E-state index contributed by atoms with van der Waals surface area (Å²) in [6.07, 6.45) is 5.36. The maximum Gasteiger partial charge on any atom is 0.185 e. The first-order valence-electron chi connectivity index (χ1n) is 8.84. The maximum absolute atomic E-state index is 12.4. The molecule has 0 heterocycles. The van der Waals surface area contributed by atoms with Crippen LogP contribution in [0.15, 0.2) is 60.2 Å². The first-order chi connectivity index (χ1) is 12.9. The Labute approximate surface area is 161 Å². The van der Waals surface area contributed by atoms with Gasteiger partial charge in [-0.2, -0.15) is 0 Å². The average Bonchev–Trinajstić information content (AvgIpc) is 2.66. The SMILES string of the molecule is COc1cc(/C=C/C(=O)c2ccc(N(C)C)cc2)ccc1OCC=C(C)C. The van der Waals surface area contributed by atoms with E-state index in [0.717, 1.165) is 11.3 Å². The molecule has 0 N–H and O–H groups in total. The van der Waals surface area contributed by atoms with E-state index in [1.165, 1.54) is 5.57 Å². The Hall–Kier alpha value is -3.01. The Morgan fingerprint density at radius 2 is 1.74 bits per heavy atom. The van der Waals surface area contributed by atoms with Crippen molar-refractivity contribution in [3.63, 3.8) is 0 Å². The summed E-state index contributed by atoms with van der Waals surface area (Å²) in [5.74, 6) is 1.28. The molecular formula is C23H27NO3. The Morgan fingerprint density at radius 3 is 2.33 bits per heavy atom. The van der Waals surface area contributed by atoms with Crippen molar-refractivity contribution in [2.24, 2.45) is 0 Å². The molecule has 0 unspecified atom stereocenters. The van der Waals surface area contributed by atoms with Crippen LogP contribution in [0.1, 0.15) is 29.8 Å². The lowest BCUT2D eigenvalue weighted by atomic mass is 10.1. The van der Waals surface area contributed by atoms with Gasteiger partial charge in [0.15, 0.2) is 17.3 Å². The minimum atomic E-state index is -0.0387. The molecule has 142 valence electrons. The Kier molecular flexibility index (Phi) is 7.24. The van der Waals surface area contributed by atoms with Crippen LogP contribution < -0.4 is 14.4 Å². The number of methoxy groups -OCH3 is 1. The van der Waals surface area contributed by atoms with Gasteiger partial charge in [-0.15, -0.1) is 0 Å². The second-order valence-electron chi connectivity index (χ2n) is 6.64. The van der Waals surface area contributed by atoms with E-state index in [1.807, 2.05) is 81.4 Å². The van der Waals surface area contributed by atoms with Crippen molar-refractivity contribution in [1.82, 2.24) is 0 Å². The number of nitrogens with zero attached hydrogens (tertiary/aromatic N) is 1. The molecule has 0 spiro atoms. The first kappa shape index (κ1) is 20.3. The van der Waals surface area contributed by atoms with Crippen LogP contribution in [0, 0.1) is 0 Å². The highest BCUT2D eigenvalue weighted by Gasteiger charge is 2.06. The zero-order valence-electron chi connectivity index (χ0n) is 16.7. The van der Waals surface area contributed by atoms with Crippen molar-refractivity contribution >= 4 is 17.5 Å². The zero-order chi connectivity index (χ0) is 19.8. The fourth-order valence-corrected chi connectivity index (χ4v) is 2.40. The van der Waals surface area contributed by atoms with E-state index < -0.39 is 0 Å². The average molecular weight is 365 g/mol. The van der Waals surface area contributed by atoms with Gasteiger partial charge >= 0.3 is 0 Å². The van der Waals surface area contributed by atoms with Gasteiger partial charge in [0.25, 0.3) is 0 Å². The minimum Gasteiger partial charge on any atom is -0.493 e. The van der Waals surface area contributed by atoms with E-state index in [4.69, 9.17) is 9.47 Å². The van der Waals surface area contributed by atoms with Gasteiger partial charge in [0.2, 0.25) is 0 Å². The van der Waals surface area contributed by atoms with Gasteiger partial charge in [-0.3, -0.25) is 4.79 Å². The molecule has 4 nitrogen and oxygen atoms in total. The highest BCUT2D eigenvalue weighted by atomic mass is 16.5. The van der Waals surface area contributed by atoms with Crippen LogP contribution in [0.25, 0.3) is 6.08 Å². The van der Waals surface area contributed by atoms with Gasteiger partial charge in [-0.25, -0.2) is 0 Å². The number of carbonyl (C=O) groups excluding carboxylic acids is 1. The lowest BCUT2D eigenvalue weighted by Gasteiger charge is -2.12. The Bertz CT molecular complexity index is 829. The second kappa shape index (κ2) is 9.62. The molecule has 2 aromatic rings. The van der Waals surface area contributed by atoms with E-state index in [9.17, 15) is 4.79 Å². The molecule has 2 rings (SSSR count). The van der Waals surface area contributed by atoms with Gasteiger partial charge in [0.05, 0.1) is 7.11 Å². The summed E-state index contributed by atoms with van der Waals surface area (Å²) >= 11 is 0. The van der Waals surface area contributed by atoms with Crippen LogP contribution in [-0.4, -0.2) is 33.6 Å². The van der Waals surface area contributed by atoms with Crippen molar-refractivity contribution in [3.8, 4) is 11.5 Å². The molecule has 0 radical (unpaired) electrons. The molecule has 0 aliphatic rings. The summed E-state index contributed by atoms with van der Waals surface area (Å²) in [5, 5.41) is 0. The quantitative estimate of drug-likeness (QED) is 0.375. The standard InChI is InChI=1S/C23H27NO3/c1-17(2)14-15-27-22-13-7-18(16-23(22)26-5)6-12-21(25)19-8-10-20(11-9-19)24(3)4/h6-14,16H,15H2,1-5H3/b12-6+. The van der Waals surface area contributed by atoms with E-state index >= 15 is 0 Å². The van der Waals surface area contributed by atoms with Gasteiger partial charge in [0, 0.05) is 25.3 Å². The monoisotopic (exact) mass is 365 g/mol. The number of ketones is 1. The predicted octanol–water partition coefficient (Wildman–Crippen LogP) is 5.00. The molecule has 2 aromatic carbocycles.